The van der Waals surface area contributed by atoms with Crippen molar-refractivity contribution >= 4 is 0 Å². The fourth-order valence-corrected chi connectivity index (χ4v) is 3.63. The first-order valence-electron chi connectivity index (χ1n) is 9.20. The lowest BCUT2D eigenvalue weighted by Gasteiger charge is -2.27. The number of nitrogens with two attached hydrogens (primary N) is 1. The number of rotatable bonds is 8. The molecule has 0 aromatic carbocycles. The van der Waals surface area contributed by atoms with Gasteiger partial charge in [0.25, 0.3) is 0 Å². The van der Waals surface area contributed by atoms with Crippen LogP contribution in [0.3, 0.4) is 0 Å². The predicted molar refractivity (Wildman–Crippen MR) is 87.4 cm³/mol. The number of ether oxygens (including phenoxy) is 2. The van der Waals surface area contributed by atoms with Crippen molar-refractivity contribution in [3.05, 3.63) is 0 Å². The first kappa shape index (κ1) is 17.2. The minimum Gasteiger partial charge on any atom is -0.379 e. The van der Waals surface area contributed by atoms with Crippen LogP contribution in [0.4, 0.5) is 0 Å². The average Bonchev–Trinajstić information content (AvgIpc) is 2.54. The highest BCUT2D eigenvalue weighted by Gasteiger charge is 2.19. The van der Waals surface area contributed by atoms with Gasteiger partial charge in [-0.15, -0.1) is 0 Å². The minimum atomic E-state index is 0.0113. The maximum absolute atomic E-state index is 6.20. The largest absolute Gasteiger partial charge is 0.379 e. The van der Waals surface area contributed by atoms with Crippen LogP contribution in [-0.4, -0.2) is 32.0 Å². The summed E-state index contributed by atoms with van der Waals surface area (Å²) in [6, 6.07) is 0.0113. The second-order valence-corrected chi connectivity index (χ2v) is 7.25. The second-order valence-electron chi connectivity index (χ2n) is 7.25. The molecule has 2 saturated carbocycles. The van der Waals surface area contributed by atoms with Gasteiger partial charge in [-0.1, -0.05) is 38.5 Å². The van der Waals surface area contributed by atoms with Gasteiger partial charge in [-0.25, -0.2) is 0 Å². The van der Waals surface area contributed by atoms with E-state index < -0.39 is 0 Å². The van der Waals surface area contributed by atoms with Gasteiger partial charge in [-0.2, -0.15) is 0 Å². The standard InChI is InChI=1S/C18H35NO2/c1-15(21-13-17-10-6-3-7-11-17)18(19)14-20-12-16-8-4-2-5-9-16/h15-18H,2-14,19H2,1H3/t15-,18-/m1/s1. The Kier molecular flexibility index (Phi) is 8.05. The zero-order valence-electron chi connectivity index (χ0n) is 13.9. The van der Waals surface area contributed by atoms with Crippen LogP contribution in [0, 0.1) is 11.8 Å². The Bertz CT molecular complexity index is 260. The maximum atomic E-state index is 6.20. The molecule has 3 nitrogen and oxygen atoms in total. The van der Waals surface area contributed by atoms with E-state index in [-0.39, 0.29) is 12.1 Å². The molecule has 2 aliphatic carbocycles. The van der Waals surface area contributed by atoms with Crippen molar-refractivity contribution in [2.75, 3.05) is 19.8 Å². The second kappa shape index (κ2) is 9.81. The number of hydrogen-bond acceptors (Lipinski definition) is 3. The van der Waals surface area contributed by atoms with Crippen LogP contribution >= 0.6 is 0 Å². The van der Waals surface area contributed by atoms with E-state index in [0.717, 1.165) is 25.0 Å². The molecule has 0 amide bonds. The normalized spacial score (nSPS) is 24.9. The van der Waals surface area contributed by atoms with Crippen LogP contribution < -0.4 is 5.73 Å². The van der Waals surface area contributed by atoms with Crippen molar-refractivity contribution in [2.45, 2.75) is 83.3 Å². The summed E-state index contributed by atoms with van der Waals surface area (Å²) in [6.07, 6.45) is 13.8. The Hall–Kier alpha value is -0.120. The molecule has 0 saturated heterocycles. The maximum Gasteiger partial charge on any atom is 0.0720 e. The van der Waals surface area contributed by atoms with E-state index in [1.165, 1.54) is 64.2 Å². The van der Waals surface area contributed by atoms with E-state index in [4.69, 9.17) is 15.2 Å². The molecule has 2 N–H and O–H groups in total. The van der Waals surface area contributed by atoms with Crippen molar-refractivity contribution in [2.24, 2.45) is 17.6 Å². The first-order valence-corrected chi connectivity index (χ1v) is 9.20. The summed E-state index contributed by atoms with van der Waals surface area (Å²) in [5, 5.41) is 0. The van der Waals surface area contributed by atoms with Crippen molar-refractivity contribution in [1.29, 1.82) is 0 Å². The Morgan fingerprint density at radius 3 is 1.95 bits per heavy atom. The summed E-state index contributed by atoms with van der Waals surface area (Å²) >= 11 is 0. The first-order chi connectivity index (χ1) is 10.3. The third-order valence-corrected chi connectivity index (χ3v) is 5.31. The van der Waals surface area contributed by atoms with Crippen LogP contribution in [0.15, 0.2) is 0 Å². The Labute approximate surface area is 130 Å². The summed E-state index contributed by atoms with van der Waals surface area (Å²) in [4.78, 5) is 0. The SMILES string of the molecule is C[C@@H](OCC1CCCCC1)[C@H](N)COCC1CCCCC1. The molecular formula is C18H35NO2. The van der Waals surface area contributed by atoms with Crippen LogP contribution in [-0.2, 0) is 9.47 Å². The summed E-state index contributed by atoms with van der Waals surface area (Å²) in [5.41, 5.74) is 6.20. The van der Waals surface area contributed by atoms with E-state index in [1.807, 2.05) is 0 Å². The van der Waals surface area contributed by atoms with Gasteiger partial charge in [-0.05, 0) is 44.4 Å². The zero-order valence-corrected chi connectivity index (χ0v) is 13.9. The van der Waals surface area contributed by atoms with Crippen molar-refractivity contribution in [3.8, 4) is 0 Å². The molecular weight excluding hydrogens is 262 g/mol. The van der Waals surface area contributed by atoms with Gasteiger partial charge < -0.3 is 15.2 Å². The summed E-state index contributed by atoms with van der Waals surface area (Å²) in [7, 11) is 0. The molecule has 0 aromatic rings. The van der Waals surface area contributed by atoms with Crippen molar-refractivity contribution in [1.82, 2.24) is 0 Å². The zero-order chi connectivity index (χ0) is 14.9. The van der Waals surface area contributed by atoms with E-state index in [9.17, 15) is 0 Å². The molecule has 21 heavy (non-hydrogen) atoms. The van der Waals surface area contributed by atoms with Gasteiger partial charge in [0.2, 0.25) is 0 Å². The smallest absolute Gasteiger partial charge is 0.0720 e. The van der Waals surface area contributed by atoms with Gasteiger partial charge in [0, 0.05) is 13.2 Å². The molecule has 2 aliphatic rings. The van der Waals surface area contributed by atoms with Crippen LogP contribution in [0.25, 0.3) is 0 Å². The van der Waals surface area contributed by atoms with Gasteiger partial charge in [0.1, 0.15) is 0 Å². The summed E-state index contributed by atoms with van der Waals surface area (Å²) in [6.45, 7) is 4.51. The fraction of sp³-hybridized carbons (Fsp3) is 1.00. The molecule has 2 fully saturated rings. The molecule has 2 rings (SSSR count). The fourth-order valence-electron chi connectivity index (χ4n) is 3.63. The third kappa shape index (κ3) is 6.66. The molecule has 0 spiro atoms. The molecule has 0 aromatic heterocycles. The summed E-state index contributed by atoms with van der Waals surface area (Å²) in [5.74, 6) is 1.53. The quantitative estimate of drug-likeness (QED) is 0.739. The highest BCUT2D eigenvalue weighted by molar-refractivity contribution is 4.72. The van der Waals surface area contributed by atoms with Gasteiger partial charge in [0.05, 0.1) is 18.8 Å². The molecule has 0 aliphatic heterocycles. The third-order valence-electron chi connectivity index (χ3n) is 5.31. The Balaban J connectivity index is 1.52. The van der Waals surface area contributed by atoms with E-state index >= 15 is 0 Å². The highest BCUT2D eigenvalue weighted by atomic mass is 16.5. The van der Waals surface area contributed by atoms with Crippen LogP contribution in [0.5, 0.6) is 0 Å². The Morgan fingerprint density at radius 2 is 1.38 bits per heavy atom. The molecule has 3 heteroatoms. The summed E-state index contributed by atoms with van der Waals surface area (Å²) < 4.78 is 11.8. The molecule has 0 heterocycles. The Morgan fingerprint density at radius 1 is 0.857 bits per heavy atom. The lowest BCUT2D eigenvalue weighted by atomic mass is 9.90. The molecule has 0 radical (unpaired) electrons. The van der Waals surface area contributed by atoms with Gasteiger partial charge >= 0.3 is 0 Å². The number of hydrogen-bond donors (Lipinski definition) is 1. The molecule has 124 valence electrons. The predicted octanol–water partition coefficient (Wildman–Crippen LogP) is 3.90. The highest BCUT2D eigenvalue weighted by Crippen LogP contribution is 2.25. The van der Waals surface area contributed by atoms with Gasteiger partial charge in [0.15, 0.2) is 0 Å². The minimum absolute atomic E-state index is 0.0113. The molecule has 2 atom stereocenters. The van der Waals surface area contributed by atoms with Gasteiger partial charge in [-0.3, -0.25) is 0 Å². The van der Waals surface area contributed by atoms with E-state index in [2.05, 4.69) is 6.92 Å². The monoisotopic (exact) mass is 297 g/mol. The van der Waals surface area contributed by atoms with Crippen molar-refractivity contribution in [3.63, 3.8) is 0 Å². The molecule has 0 bridgehead atoms. The lowest BCUT2D eigenvalue weighted by Crippen LogP contribution is -2.40. The topological polar surface area (TPSA) is 44.5 Å². The van der Waals surface area contributed by atoms with E-state index in [0.29, 0.717) is 6.61 Å². The van der Waals surface area contributed by atoms with Crippen LogP contribution in [0.2, 0.25) is 0 Å². The van der Waals surface area contributed by atoms with Crippen LogP contribution in [0.1, 0.15) is 71.1 Å². The molecule has 0 unspecified atom stereocenters. The average molecular weight is 297 g/mol. The lowest BCUT2D eigenvalue weighted by molar-refractivity contribution is -0.0108. The van der Waals surface area contributed by atoms with Crippen molar-refractivity contribution < 1.29 is 9.47 Å². The van der Waals surface area contributed by atoms with E-state index in [1.54, 1.807) is 0 Å².